The van der Waals surface area contributed by atoms with Crippen LogP contribution in [0.1, 0.15) is 26.7 Å². The highest BCUT2D eigenvalue weighted by Gasteiger charge is 2.26. The van der Waals surface area contributed by atoms with Crippen molar-refractivity contribution in [3.63, 3.8) is 0 Å². The van der Waals surface area contributed by atoms with Gasteiger partial charge in [-0.3, -0.25) is 0 Å². The third-order valence-corrected chi connectivity index (χ3v) is 6.24. The summed E-state index contributed by atoms with van der Waals surface area (Å²) in [5.74, 6) is 0. The standard InChI is InChI=1S/C14H21BrN2O2S/c1-11(2)17-9-7-12(8-10-17)16-20(18,19)14-6-4-3-5-13(14)15/h3-6,11-12,16H,7-10H2,1-2H3. The molecule has 0 aromatic heterocycles. The number of hydrogen-bond donors (Lipinski definition) is 1. The molecule has 0 unspecified atom stereocenters. The molecule has 1 heterocycles. The second-order valence-corrected chi connectivity index (χ2v) is 7.99. The molecule has 4 nitrogen and oxygen atoms in total. The smallest absolute Gasteiger partial charge is 0.241 e. The normalized spacial score (nSPS) is 18.6. The second-order valence-electron chi connectivity index (χ2n) is 5.46. The number of piperidine rings is 1. The molecule has 0 radical (unpaired) electrons. The van der Waals surface area contributed by atoms with Crippen LogP contribution in [-0.4, -0.2) is 38.5 Å². The van der Waals surface area contributed by atoms with Crippen LogP contribution >= 0.6 is 15.9 Å². The van der Waals surface area contributed by atoms with Crippen molar-refractivity contribution in [3.8, 4) is 0 Å². The Morgan fingerprint density at radius 2 is 1.85 bits per heavy atom. The van der Waals surface area contributed by atoms with Crippen molar-refractivity contribution >= 4 is 26.0 Å². The average Bonchev–Trinajstić information content (AvgIpc) is 2.39. The van der Waals surface area contributed by atoms with Crippen molar-refractivity contribution in [3.05, 3.63) is 28.7 Å². The number of halogens is 1. The summed E-state index contributed by atoms with van der Waals surface area (Å²) in [5, 5.41) is 0. The van der Waals surface area contributed by atoms with E-state index in [1.54, 1.807) is 18.2 Å². The van der Waals surface area contributed by atoms with Gasteiger partial charge in [0.1, 0.15) is 0 Å². The minimum Gasteiger partial charge on any atom is -0.301 e. The maximum absolute atomic E-state index is 12.4. The first-order chi connectivity index (χ1) is 9.40. The Labute approximate surface area is 129 Å². The molecule has 1 aliphatic rings. The molecule has 1 N–H and O–H groups in total. The van der Waals surface area contributed by atoms with Gasteiger partial charge in [-0.25, -0.2) is 13.1 Å². The lowest BCUT2D eigenvalue weighted by Crippen LogP contribution is -2.46. The maximum Gasteiger partial charge on any atom is 0.241 e. The van der Waals surface area contributed by atoms with E-state index < -0.39 is 10.0 Å². The average molecular weight is 361 g/mol. The third-order valence-electron chi connectivity index (χ3n) is 3.71. The van der Waals surface area contributed by atoms with Gasteiger partial charge in [-0.15, -0.1) is 0 Å². The summed E-state index contributed by atoms with van der Waals surface area (Å²) in [6, 6.07) is 7.47. The fraction of sp³-hybridized carbons (Fsp3) is 0.571. The van der Waals surface area contributed by atoms with E-state index in [9.17, 15) is 8.42 Å². The Kier molecular flexibility index (Phi) is 5.23. The summed E-state index contributed by atoms with van der Waals surface area (Å²) in [6.45, 7) is 6.23. The van der Waals surface area contributed by atoms with Crippen LogP contribution in [0.25, 0.3) is 0 Å². The van der Waals surface area contributed by atoms with Crippen LogP contribution in [0, 0.1) is 0 Å². The molecule has 0 bridgehead atoms. The number of likely N-dealkylation sites (tertiary alicyclic amines) is 1. The quantitative estimate of drug-likeness (QED) is 0.897. The molecule has 2 rings (SSSR count). The molecule has 1 fully saturated rings. The van der Waals surface area contributed by atoms with E-state index in [-0.39, 0.29) is 6.04 Å². The summed E-state index contributed by atoms with van der Waals surface area (Å²) in [6.07, 6.45) is 1.73. The zero-order chi connectivity index (χ0) is 14.8. The molecule has 1 aromatic carbocycles. The van der Waals surface area contributed by atoms with Crippen LogP contribution in [-0.2, 0) is 10.0 Å². The monoisotopic (exact) mass is 360 g/mol. The predicted octanol–water partition coefficient (Wildman–Crippen LogP) is 2.60. The number of rotatable bonds is 4. The van der Waals surface area contributed by atoms with Gasteiger partial charge in [0.15, 0.2) is 0 Å². The number of sulfonamides is 1. The van der Waals surface area contributed by atoms with E-state index in [0.717, 1.165) is 25.9 Å². The molecule has 6 heteroatoms. The summed E-state index contributed by atoms with van der Waals surface area (Å²) in [7, 11) is -3.44. The van der Waals surface area contributed by atoms with Crippen LogP contribution in [0.4, 0.5) is 0 Å². The van der Waals surface area contributed by atoms with Crippen LogP contribution in [0.5, 0.6) is 0 Å². The minimum absolute atomic E-state index is 0.0297. The number of nitrogens with zero attached hydrogens (tertiary/aromatic N) is 1. The van der Waals surface area contributed by atoms with Crippen molar-refractivity contribution in [2.45, 2.75) is 43.7 Å². The Morgan fingerprint density at radius 3 is 2.40 bits per heavy atom. The van der Waals surface area contributed by atoms with Crippen molar-refractivity contribution in [1.29, 1.82) is 0 Å². The van der Waals surface area contributed by atoms with E-state index in [4.69, 9.17) is 0 Å². The van der Waals surface area contributed by atoms with Crippen LogP contribution < -0.4 is 4.72 Å². The zero-order valence-electron chi connectivity index (χ0n) is 11.8. The molecule has 1 saturated heterocycles. The maximum atomic E-state index is 12.4. The first-order valence-corrected chi connectivity index (χ1v) is 9.18. The Balaban J connectivity index is 2.02. The predicted molar refractivity (Wildman–Crippen MR) is 84.2 cm³/mol. The SMILES string of the molecule is CC(C)N1CCC(NS(=O)(=O)c2ccccc2Br)CC1. The van der Waals surface area contributed by atoms with E-state index >= 15 is 0 Å². The largest absolute Gasteiger partial charge is 0.301 e. The molecule has 0 amide bonds. The fourth-order valence-electron chi connectivity index (χ4n) is 2.48. The van der Waals surface area contributed by atoms with Crippen LogP contribution in [0.3, 0.4) is 0 Å². The fourth-order valence-corrected chi connectivity index (χ4v) is 4.79. The van der Waals surface area contributed by atoms with Gasteiger partial charge in [0.25, 0.3) is 0 Å². The summed E-state index contributed by atoms with van der Waals surface area (Å²) in [4.78, 5) is 2.69. The van der Waals surface area contributed by atoms with Gasteiger partial charge in [-0.1, -0.05) is 12.1 Å². The lowest BCUT2D eigenvalue weighted by molar-refractivity contribution is 0.168. The first kappa shape index (κ1) is 15.9. The molecular formula is C14H21BrN2O2S. The van der Waals surface area contributed by atoms with Gasteiger partial charge in [-0.2, -0.15) is 0 Å². The molecule has 112 valence electrons. The lowest BCUT2D eigenvalue weighted by Gasteiger charge is -2.34. The van der Waals surface area contributed by atoms with Gasteiger partial charge in [0.2, 0.25) is 10.0 Å². The molecule has 0 atom stereocenters. The van der Waals surface area contributed by atoms with E-state index in [1.807, 2.05) is 6.07 Å². The highest BCUT2D eigenvalue weighted by atomic mass is 79.9. The summed E-state index contributed by atoms with van der Waals surface area (Å²) >= 11 is 3.30. The van der Waals surface area contributed by atoms with Gasteiger partial charge in [0.05, 0.1) is 4.90 Å². The Morgan fingerprint density at radius 1 is 1.25 bits per heavy atom. The topological polar surface area (TPSA) is 49.4 Å². The molecule has 0 spiro atoms. The minimum atomic E-state index is -3.44. The van der Waals surface area contributed by atoms with Crippen molar-refractivity contribution in [2.75, 3.05) is 13.1 Å². The molecule has 1 aliphatic heterocycles. The van der Waals surface area contributed by atoms with Crippen molar-refractivity contribution in [1.82, 2.24) is 9.62 Å². The molecule has 0 aliphatic carbocycles. The van der Waals surface area contributed by atoms with E-state index in [1.165, 1.54) is 0 Å². The third kappa shape index (κ3) is 3.81. The number of nitrogens with one attached hydrogen (secondary N) is 1. The van der Waals surface area contributed by atoms with Crippen LogP contribution in [0.2, 0.25) is 0 Å². The number of benzene rings is 1. The molecule has 20 heavy (non-hydrogen) atoms. The van der Waals surface area contributed by atoms with Crippen LogP contribution in [0.15, 0.2) is 33.6 Å². The Hall–Kier alpha value is -0.430. The highest BCUT2D eigenvalue weighted by Crippen LogP contribution is 2.22. The number of hydrogen-bond acceptors (Lipinski definition) is 3. The zero-order valence-corrected chi connectivity index (χ0v) is 14.2. The van der Waals surface area contributed by atoms with Crippen molar-refractivity contribution in [2.24, 2.45) is 0 Å². The van der Waals surface area contributed by atoms with Gasteiger partial charge in [-0.05, 0) is 67.8 Å². The van der Waals surface area contributed by atoms with Gasteiger partial charge in [0, 0.05) is 16.6 Å². The van der Waals surface area contributed by atoms with E-state index in [0.29, 0.717) is 15.4 Å². The molecular weight excluding hydrogens is 340 g/mol. The summed E-state index contributed by atoms with van der Waals surface area (Å²) in [5.41, 5.74) is 0. The molecule has 1 aromatic rings. The Bertz CT molecular complexity index is 552. The second kappa shape index (κ2) is 6.56. The van der Waals surface area contributed by atoms with Gasteiger partial charge >= 0.3 is 0 Å². The van der Waals surface area contributed by atoms with Crippen molar-refractivity contribution < 1.29 is 8.42 Å². The highest BCUT2D eigenvalue weighted by molar-refractivity contribution is 9.10. The first-order valence-electron chi connectivity index (χ1n) is 6.91. The summed E-state index contributed by atoms with van der Waals surface area (Å²) < 4.78 is 28.2. The lowest BCUT2D eigenvalue weighted by atomic mass is 10.1. The molecule has 0 saturated carbocycles. The van der Waals surface area contributed by atoms with E-state index in [2.05, 4.69) is 39.4 Å². The van der Waals surface area contributed by atoms with Gasteiger partial charge < -0.3 is 4.90 Å².